The molecule has 7 aliphatic rings. The Hall–Kier alpha value is -2.80. The van der Waals surface area contributed by atoms with Gasteiger partial charge in [-0.05, 0) is 69.2 Å². The van der Waals surface area contributed by atoms with Gasteiger partial charge in [-0.2, -0.15) is 0 Å². The summed E-state index contributed by atoms with van der Waals surface area (Å²) < 4.78 is 63.9. The zero-order valence-electron chi connectivity index (χ0n) is 38.6. The van der Waals surface area contributed by atoms with E-state index in [1.807, 2.05) is 39.0 Å². The number of ether oxygens (including phenoxy) is 10. The number of aliphatic hydroxyl groups excluding tert-OH is 1. The van der Waals surface area contributed by atoms with Gasteiger partial charge in [0.15, 0.2) is 18.4 Å². The van der Waals surface area contributed by atoms with Gasteiger partial charge in [0.05, 0.1) is 55.4 Å². The van der Waals surface area contributed by atoms with E-state index in [1.165, 1.54) is 6.92 Å². The second-order valence-electron chi connectivity index (χ2n) is 19.0. The van der Waals surface area contributed by atoms with Gasteiger partial charge in [0.2, 0.25) is 5.91 Å². The molecule has 352 valence electrons. The molecule has 1 amide bonds. The number of carbonyl (C=O) groups excluding carboxylic acids is 2. The molecular weight excluding hydrogens is 815 g/mol. The topological polar surface area (TPSA) is 179 Å². The fourth-order valence-corrected chi connectivity index (χ4v) is 10.6. The van der Waals surface area contributed by atoms with E-state index in [9.17, 15) is 19.8 Å². The van der Waals surface area contributed by atoms with Crippen molar-refractivity contribution in [1.29, 1.82) is 0 Å². The maximum atomic E-state index is 14.3. The Labute approximate surface area is 372 Å². The third kappa shape index (κ3) is 10.3. The number of hydrogen-bond donors (Lipinski definition) is 3. The Morgan fingerprint density at radius 2 is 1.65 bits per heavy atom. The maximum Gasteiger partial charge on any atom is 0.316 e. The summed E-state index contributed by atoms with van der Waals surface area (Å²) in [4.78, 5) is 26.2. The number of allylic oxidation sites excluding steroid dienone is 2. The first-order valence-corrected chi connectivity index (χ1v) is 22.9. The molecule has 63 heavy (non-hydrogen) atoms. The van der Waals surface area contributed by atoms with Crippen molar-refractivity contribution in [3.05, 3.63) is 59.3 Å². The van der Waals surface area contributed by atoms with Crippen molar-refractivity contribution in [2.24, 2.45) is 17.8 Å². The summed E-state index contributed by atoms with van der Waals surface area (Å²) in [6, 6.07) is -0.312. The first-order chi connectivity index (χ1) is 29.9. The van der Waals surface area contributed by atoms with Crippen molar-refractivity contribution >= 4 is 11.9 Å². The number of fused-ring (bicyclic) bond motifs is 2. The lowest BCUT2D eigenvalue weighted by molar-refractivity contribution is -0.310. The summed E-state index contributed by atoms with van der Waals surface area (Å²) in [5.74, 6) is -2.59. The van der Waals surface area contributed by atoms with E-state index in [0.717, 1.165) is 5.57 Å². The standard InChI is InChI=1S/C48H71NO14/c1-25(2)43-27(4)17-18-47(63-43)23-34-20-33(62-47)16-15-26(3)36(14-12-11-13-32-24-56-45-42(51)28(5)19-35(46(52)59-34)48(32,45)53)60-39-22-38(55-10)44(30(7)58-39)61-40-21-37(54-9)41(29(6)57-40)49-31(8)50/h11-13,15,17-19,25,27,29-30,33-45,51,53H,14,16,20-24H2,1-10H3,(H,49,50)/b12-11-,26-15?,32-13-/t27-,29+,30-,33+,34+,35+,36+,37+,38-,39+,40-,41+,42+,43-,44+,45+,47-,48+/m0/s1. The minimum absolute atomic E-state index is 0.0322. The molecule has 1 spiro atoms. The average molecular weight is 886 g/mol. The minimum Gasteiger partial charge on any atom is -0.462 e. The highest BCUT2D eigenvalue weighted by molar-refractivity contribution is 5.78. The molecule has 1 aliphatic carbocycles. The van der Waals surface area contributed by atoms with Crippen LogP contribution in [0, 0.1) is 17.8 Å². The summed E-state index contributed by atoms with van der Waals surface area (Å²) in [6.07, 6.45) is 8.97. The molecule has 15 heteroatoms. The van der Waals surface area contributed by atoms with Crippen LogP contribution in [-0.4, -0.2) is 140 Å². The van der Waals surface area contributed by atoms with Crippen LogP contribution in [0.2, 0.25) is 0 Å². The van der Waals surface area contributed by atoms with Gasteiger partial charge in [-0.3, -0.25) is 9.59 Å². The van der Waals surface area contributed by atoms with E-state index in [-0.39, 0.29) is 67.3 Å². The molecule has 0 radical (unpaired) electrons. The van der Waals surface area contributed by atoms with Crippen LogP contribution in [0.15, 0.2) is 59.3 Å². The highest BCUT2D eigenvalue weighted by Gasteiger charge is 2.60. The molecular formula is C48H71NO14. The first kappa shape index (κ1) is 48.1. The third-order valence-corrected chi connectivity index (χ3v) is 14.0. The number of esters is 1. The molecule has 0 saturated carbocycles. The van der Waals surface area contributed by atoms with Crippen molar-refractivity contribution < 1.29 is 67.2 Å². The van der Waals surface area contributed by atoms with Crippen molar-refractivity contribution in [3.63, 3.8) is 0 Å². The lowest BCUT2D eigenvalue weighted by atomic mass is 9.71. The van der Waals surface area contributed by atoms with Crippen LogP contribution in [-0.2, 0) is 57.0 Å². The van der Waals surface area contributed by atoms with Crippen LogP contribution < -0.4 is 5.32 Å². The van der Waals surface area contributed by atoms with Gasteiger partial charge < -0.3 is 62.9 Å². The summed E-state index contributed by atoms with van der Waals surface area (Å²) in [5, 5.41) is 26.6. The molecule has 0 aromatic rings. The third-order valence-electron chi connectivity index (χ3n) is 14.0. The van der Waals surface area contributed by atoms with Crippen LogP contribution in [0.4, 0.5) is 0 Å². The summed E-state index contributed by atoms with van der Waals surface area (Å²) in [5.41, 5.74) is 0.129. The highest BCUT2D eigenvalue weighted by Crippen LogP contribution is 2.47. The Bertz CT molecular complexity index is 1790. The Morgan fingerprint density at radius 3 is 2.37 bits per heavy atom. The molecule has 0 aromatic carbocycles. The smallest absolute Gasteiger partial charge is 0.316 e. The molecule has 7 rings (SSSR count). The predicted octanol–water partition coefficient (Wildman–Crippen LogP) is 4.89. The van der Waals surface area contributed by atoms with Crippen LogP contribution in [0.3, 0.4) is 0 Å². The van der Waals surface area contributed by atoms with Crippen molar-refractivity contribution in [3.8, 4) is 0 Å². The molecule has 0 unspecified atom stereocenters. The van der Waals surface area contributed by atoms with E-state index in [2.05, 4.69) is 38.2 Å². The van der Waals surface area contributed by atoms with E-state index in [0.29, 0.717) is 43.3 Å². The number of nitrogens with one attached hydrogen (secondary N) is 1. The molecule has 4 saturated heterocycles. The fraction of sp³-hybridized carbons (Fsp3) is 0.750. The van der Waals surface area contributed by atoms with Crippen LogP contribution in [0.1, 0.15) is 93.9 Å². The number of aliphatic hydroxyl groups is 2. The number of amides is 1. The maximum absolute atomic E-state index is 14.3. The van der Waals surface area contributed by atoms with E-state index in [4.69, 9.17) is 47.4 Å². The Kier molecular flexibility index (Phi) is 15.3. The SMILES string of the molecule is CO[C@H]1C[C@@H](O[C@@H]2C/C=C\C=C3\CO[C@@H]4[C@H](O)C(C)=C[C@H](C(=O)O[C@@H]5C[C@@H](CC=C2C)O[C@]2(C=C[C@H](C)[C@H](C(C)C)O2)C5)[C@]34O)O[C@@H](C)[C@H]1O[C@H]1C[C@@H](OC)[C@H](NC(C)=O)[C@@H](C)O1. The highest BCUT2D eigenvalue weighted by atomic mass is 16.7. The molecule has 0 aromatic heterocycles. The quantitative estimate of drug-likeness (QED) is 0.222. The number of carbonyl (C=O) groups is 2. The molecule has 4 fully saturated rings. The van der Waals surface area contributed by atoms with Gasteiger partial charge in [-0.15, -0.1) is 0 Å². The second-order valence-corrected chi connectivity index (χ2v) is 19.0. The monoisotopic (exact) mass is 885 g/mol. The average Bonchev–Trinajstić information content (AvgIpc) is 3.57. The molecule has 18 atom stereocenters. The summed E-state index contributed by atoms with van der Waals surface area (Å²) in [6.45, 7) is 15.5. The zero-order valence-corrected chi connectivity index (χ0v) is 38.6. The van der Waals surface area contributed by atoms with Crippen molar-refractivity contribution in [2.45, 2.75) is 191 Å². The van der Waals surface area contributed by atoms with Gasteiger partial charge in [-0.25, -0.2) is 0 Å². The van der Waals surface area contributed by atoms with E-state index in [1.54, 1.807) is 33.3 Å². The summed E-state index contributed by atoms with van der Waals surface area (Å²) in [7, 11) is 3.26. The van der Waals surface area contributed by atoms with Crippen LogP contribution >= 0.6 is 0 Å². The predicted molar refractivity (Wildman–Crippen MR) is 230 cm³/mol. The van der Waals surface area contributed by atoms with E-state index >= 15 is 0 Å². The van der Waals surface area contributed by atoms with Crippen LogP contribution in [0.25, 0.3) is 0 Å². The molecule has 2 bridgehead atoms. The van der Waals surface area contributed by atoms with Gasteiger partial charge in [0.1, 0.15) is 35.9 Å². The van der Waals surface area contributed by atoms with Gasteiger partial charge >= 0.3 is 5.97 Å². The van der Waals surface area contributed by atoms with Crippen LogP contribution in [0.5, 0.6) is 0 Å². The van der Waals surface area contributed by atoms with Gasteiger partial charge in [0.25, 0.3) is 0 Å². The van der Waals surface area contributed by atoms with Crippen molar-refractivity contribution in [2.75, 3.05) is 20.8 Å². The van der Waals surface area contributed by atoms with Gasteiger partial charge in [-0.1, -0.05) is 57.2 Å². The minimum atomic E-state index is -1.83. The molecule has 15 nitrogen and oxygen atoms in total. The molecule has 6 heterocycles. The lowest BCUT2D eigenvalue weighted by Crippen LogP contribution is -2.58. The summed E-state index contributed by atoms with van der Waals surface area (Å²) >= 11 is 0. The van der Waals surface area contributed by atoms with Gasteiger partial charge in [0, 0.05) is 52.7 Å². The van der Waals surface area contributed by atoms with E-state index < -0.39 is 72.5 Å². The Balaban J connectivity index is 1.14. The van der Waals surface area contributed by atoms with Crippen molar-refractivity contribution in [1.82, 2.24) is 5.32 Å². The fourth-order valence-electron chi connectivity index (χ4n) is 10.6. The molecule has 6 aliphatic heterocycles. The second kappa shape index (κ2) is 20.0. The molecule has 3 N–H and O–H groups in total. The number of rotatable bonds is 8. The lowest BCUT2D eigenvalue weighted by Gasteiger charge is -2.48. The number of methoxy groups -OCH3 is 2. The number of hydrogen-bond acceptors (Lipinski definition) is 14. The largest absolute Gasteiger partial charge is 0.462 e. The normalized spacial score (nSPS) is 46.0. The zero-order chi connectivity index (χ0) is 45.4. The first-order valence-electron chi connectivity index (χ1n) is 22.9. The Morgan fingerprint density at radius 1 is 0.937 bits per heavy atom.